The number of ether oxygens (including phenoxy) is 2. The number of nitrogens with one attached hydrogen (secondary N) is 1. The van der Waals surface area contributed by atoms with Crippen LogP contribution < -0.4 is 14.8 Å². The van der Waals surface area contributed by atoms with Crippen LogP contribution in [0.3, 0.4) is 0 Å². The van der Waals surface area contributed by atoms with E-state index in [-0.39, 0.29) is 6.04 Å². The van der Waals surface area contributed by atoms with Crippen LogP contribution in [0.15, 0.2) is 18.2 Å². The van der Waals surface area contributed by atoms with Gasteiger partial charge < -0.3 is 19.9 Å². The van der Waals surface area contributed by atoms with Crippen LogP contribution >= 0.6 is 0 Å². The zero-order valence-corrected chi connectivity index (χ0v) is 13.3. The van der Waals surface area contributed by atoms with Crippen LogP contribution in [0.1, 0.15) is 37.8 Å². The third-order valence-corrected chi connectivity index (χ3v) is 4.64. The van der Waals surface area contributed by atoms with Gasteiger partial charge in [0.1, 0.15) is 11.5 Å². The summed E-state index contributed by atoms with van der Waals surface area (Å²) in [4.78, 5) is 0. The minimum absolute atomic E-state index is 0.190. The lowest BCUT2D eigenvalue weighted by Gasteiger charge is -2.23. The standard InChI is InChI=1S/C17H27NO3/c1-12(18-10-13-5-4-6-14(13)11-19)16-9-15(20-2)7-8-17(16)21-3/h7-9,12-14,18-19H,4-6,10-11H2,1-3H3. The van der Waals surface area contributed by atoms with Crippen LogP contribution in [0.5, 0.6) is 11.5 Å². The molecule has 1 aliphatic rings. The molecule has 1 fully saturated rings. The predicted molar refractivity (Wildman–Crippen MR) is 83.9 cm³/mol. The summed E-state index contributed by atoms with van der Waals surface area (Å²) in [5.74, 6) is 2.75. The van der Waals surface area contributed by atoms with E-state index in [0.29, 0.717) is 18.4 Å². The molecular formula is C17H27NO3. The van der Waals surface area contributed by atoms with Gasteiger partial charge in [0.15, 0.2) is 0 Å². The first-order valence-corrected chi connectivity index (χ1v) is 7.75. The Hall–Kier alpha value is -1.26. The number of aliphatic hydroxyl groups is 1. The van der Waals surface area contributed by atoms with Crippen LogP contribution in [0, 0.1) is 11.8 Å². The Morgan fingerprint density at radius 2 is 2.00 bits per heavy atom. The maximum absolute atomic E-state index is 9.40. The van der Waals surface area contributed by atoms with Crippen molar-refractivity contribution >= 4 is 0 Å². The van der Waals surface area contributed by atoms with Crippen molar-refractivity contribution in [1.29, 1.82) is 0 Å². The third-order valence-electron chi connectivity index (χ3n) is 4.64. The van der Waals surface area contributed by atoms with Crippen molar-refractivity contribution in [3.8, 4) is 11.5 Å². The maximum Gasteiger partial charge on any atom is 0.123 e. The summed E-state index contributed by atoms with van der Waals surface area (Å²) in [6, 6.07) is 6.07. The van der Waals surface area contributed by atoms with Gasteiger partial charge in [-0.25, -0.2) is 0 Å². The Balaban J connectivity index is 2.00. The molecule has 1 aliphatic carbocycles. The molecule has 0 amide bonds. The van der Waals surface area contributed by atoms with Crippen molar-refractivity contribution in [3.05, 3.63) is 23.8 Å². The maximum atomic E-state index is 9.40. The molecule has 1 saturated carbocycles. The molecule has 0 bridgehead atoms. The summed E-state index contributed by atoms with van der Waals surface area (Å²) in [6.07, 6.45) is 3.59. The van der Waals surface area contributed by atoms with E-state index in [2.05, 4.69) is 12.2 Å². The zero-order chi connectivity index (χ0) is 15.2. The summed E-state index contributed by atoms with van der Waals surface area (Å²) in [6.45, 7) is 3.39. The molecule has 4 heteroatoms. The topological polar surface area (TPSA) is 50.7 Å². The molecule has 0 spiro atoms. The highest BCUT2D eigenvalue weighted by molar-refractivity contribution is 5.42. The summed E-state index contributed by atoms with van der Waals surface area (Å²) < 4.78 is 10.7. The molecule has 0 aliphatic heterocycles. The second kappa shape index (κ2) is 7.66. The smallest absolute Gasteiger partial charge is 0.123 e. The molecule has 4 nitrogen and oxygen atoms in total. The van der Waals surface area contributed by atoms with Crippen molar-refractivity contribution in [2.24, 2.45) is 11.8 Å². The van der Waals surface area contributed by atoms with E-state index >= 15 is 0 Å². The number of benzene rings is 1. The zero-order valence-electron chi connectivity index (χ0n) is 13.3. The number of methoxy groups -OCH3 is 2. The number of rotatable bonds is 7. The van der Waals surface area contributed by atoms with E-state index in [1.165, 1.54) is 12.8 Å². The molecule has 1 aromatic rings. The normalized spacial score (nSPS) is 23.0. The van der Waals surface area contributed by atoms with Gasteiger partial charge in [0.25, 0.3) is 0 Å². The van der Waals surface area contributed by atoms with E-state index in [1.807, 2.05) is 18.2 Å². The lowest BCUT2D eigenvalue weighted by Crippen LogP contribution is -2.29. The Morgan fingerprint density at radius 3 is 2.67 bits per heavy atom. The summed E-state index contributed by atoms with van der Waals surface area (Å²) in [7, 11) is 3.37. The first kappa shape index (κ1) is 16.1. The molecule has 3 unspecified atom stereocenters. The quantitative estimate of drug-likeness (QED) is 0.811. The van der Waals surface area contributed by atoms with Gasteiger partial charge in [-0.1, -0.05) is 6.42 Å². The molecule has 1 aromatic carbocycles. The molecule has 3 atom stereocenters. The van der Waals surface area contributed by atoms with Crippen molar-refractivity contribution in [2.45, 2.75) is 32.2 Å². The molecule has 0 heterocycles. The van der Waals surface area contributed by atoms with Crippen LogP contribution in [0.2, 0.25) is 0 Å². The summed E-state index contributed by atoms with van der Waals surface area (Å²) in [5, 5.41) is 13.0. The van der Waals surface area contributed by atoms with Gasteiger partial charge in [-0.15, -0.1) is 0 Å². The molecular weight excluding hydrogens is 266 g/mol. The predicted octanol–water partition coefficient (Wildman–Crippen LogP) is 2.76. The van der Waals surface area contributed by atoms with Gasteiger partial charge in [-0.05, 0) is 56.3 Å². The van der Waals surface area contributed by atoms with E-state index in [4.69, 9.17) is 9.47 Å². The average molecular weight is 293 g/mol. The molecule has 2 rings (SSSR count). The van der Waals surface area contributed by atoms with Gasteiger partial charge in [0.05, 0.1) is 14.2 Å². The summed E-state index contributed by atoms with van der Waals surface area (Å²) >= 11 is 0. The minimum atomic E-state index is 0.190. The molecule has 0 aromatic heterocycles. The highest BCUT2D eigenvalue weighted by Crippen LogP contribution is 2.33. The lowest BCUT2D eigenvalue weighted by atomic mass is 9.96. The second-order valence-electron chi connectivity index (χ2n) is 5.87. The first-order valence-electron chi connectivity index (χ1n) is 7.75. The van der Waals surface area contributed by atoms with Crippen molar-refractivity contribution in [2.75, 3.05) is 27.4 Å². The fraction of sp³-hybridized carbons (Fsp3) is 0.647. The van der Waals surface area contributed by atoms with Gasteiger partial charge >= 0.3 is 0 Å². The fourth-order valence-electron chi connectivity index (χ4n) is 3.24. The Morgan fingerprint density at radius 1 is 1.24 bits per heavy atom. The van der Waals surface area contributed by atoms with Crippen molar-refractivity contribution in [1.82, 2.24) is 5.32 Å². The Labute approximate surface area is 127 Å². The van der Waals surface area contributed by atoms with Crippen molar-refractivity contribution < 1.29 is 14.6 Å². The average Bonchev–Trinajstić information content (AvgIpc) is 2.99. The molecule has 0 saturated heterocycles. The van der Waals surface area contributed by atoms with Crippen LogP contribution in [-0.4, -0.2) is 32.5 Å². The molecule has 118 valence electrons. The second-order valence-corrected chi connectivity index (χ2v) is 5.87. The van der Waals surface area contributed by atoms with Gasteiger partial charge in [-0.2, -0.15) is 0 Å². The fourth-order valence-corrected chi connectivity index (χ4v) is 3.24. The highest BCUT2D eigenvalue weighted by Gasteiger charge is 2.26. The minimum Gasteiger partial charge on any atom is -0.497 e. The number of hydrogen-bond acceptors (Lipinski definition) is 4. The van der Waals surface area contributed by atoms with Crippen molar-refractivity contribution in [3.63, 3.8) is 0 Å². The first-order chi connectivity index (χ1) is 10.2. The van der Waals surface area contributed by atoms with Gasteiger partial charge in [0.2, 0.25) is 0 Å². The third kappa shape index (κ3) is 3.89. The lowest BCUT2D eigenvalue weighted by molar-refractivity contribution is 0.190. The van der Waals surface area contributed by atoms with Crippen LogP contribution in [0.4, 0.5) is 0 Å². The van der Waals surface area contributed by atoms with E-state index in [1.54, 1.807) is 14.2 Å². The molecule has 2 N–H and O–H groups in total. The number of hydrogen-bond donors (Lipinski definition) is 2. The summed E-state index contributed by atoms with van der Waals surface area (Å²) in [5.41, 5.74) is 1.11. The van der Waals surface area contributed by atoms with E-state index < -0.39 is 0 Å². The van der Waals surface area contributed by atoms with E-state index in [9.17, 15) is 5.11 Å². The van der Waals surface area contributed by atoms with Crippen LogP contribution in [0.25, 0.3) is 0 Å². The Kier molecular flexibility index (Phi) is 5.88. The largest absolute Gasteiger partial charge is 0.497 e. The monoisotopic (exact) mass is 293 g/mol. The molecule has 21 heavy (non-hydrogen) atoms. The molecule has 0 radical (unpaired) electrons. The van der Waals surface area contributed by atoms with E-state index in [0.717, 1.165) is 30.0 Å². The SMILES string of the molecule is COc1ccc(OC)c(C(C)NCC2CCCC2CO)c1. The Bertz CT molecular complexity index is 450. The number of aliphatic hydroxyl groups excluding tert-OH is 1. The van der Waals surface area contributed by atoms with Gasteiger partial charge in [0, 0.05) is 18.2 Å². The van der Waals surface area contributed by atoms with Gasteiger partial charge in [-0.3, -0.25) is 0 Å². The highest BCUT2D eigenvalue weighted by atomic mass is 16.5. The van der Waals surface area contributed by atoms with Crippen LogP contribution in [-0.2, 0) is 0 Å².